The second kappa shape index (κ2) is 9.88. The number of carbonyl (C=O) groups excluding carboxylic acids is 3. The van der Waals surface area contributed by atoms with E-state index in [-0.39, 0.29) is 23.0 Å². The molecule has 0 spiro atoms. The van der Waals surface area contributed by atoms with Crippen LogP contribution < -0.4 is 14.9 Å². The number of nitrogens with zero attached hydrogens (tertiary/aromatic N) is 2. The number of furan rings is 2. The topological polar surface area (TPSA) is 133 Å². The van der Waals surface area contributed by atoms with Gasteiger partial charge in [0.15, 0.2) is 0 Å². The Hall–Kier alpha value is -4.99. The number of nitrogens with one attached hydrogen (secondary N) is 1. The molecule has 0 atom stereocenters. The molecule has 0 aliphatic rings. The van der Waals surface area contributed by atoms with E-state index in [0.717, 1.165) is 0 Å². The Balaban J connectivity index is 1.54. The van der Waals surface area contributed by atoms with E-state index in [4.69, 9.17) is 18.3 Å². The zero-order chi connectivity index (χ0) is 23.0. The van der Waals surface area contributed by atoms with Crippen LogP contribution in [0.2, 0.25) is 0 Å². The Kier molecular flexibility index (Phi) is 6.36. The van der Waals surface area contributed by atoms with E-state index in [2.05, 4.69) is 15.5 Å². The van der Waals surface area contributed by atoms with Crippen molar-refractivity contribution in [3.05, 3.63) is 102 Å². The Morgan fingerprint density at radius 2 is 1.64 bits per heavy atom. The second-order valence-electron chi connectivity index (χ2n) is 6.37. The lowest BCUT2D eigenvalue weighted by molar-refractivity contribution is 0.0697. The summed E-state index contributed by atoms with van der Waals surface area (Å²) < 4.78 is 20.7. The van der Waals surface area contributed by atoms with Crippen molar-refractivity contribution in [1.82, 2.24) is 10.4 Å². The fraction of sp³-hybridized carbons (Fsp3) is 0. The molecule has 1 N–H and O–H groups in total. The molecule has 4 aromatic rings. The van der Waals surface area contributed by atoms with Crippen LogP contribution in [0.5, 0.6) is 11.5 Å². The molecule has 3 heterocycles. The average Bonchev–Trinajstić information content (AvgIpc) is 3.55. The Bertz CT molecular complexity index is 1280. The van der Waals surface area contributed by atoms with Gasteiger partial charge in [0.1, 0.15) is 11.5 Å². The number of hydrazone groups is 1. The van der Waals surface area contributed by atoms with E-state index >= 15 is 0 Å². The summed E-state index contributed by atoms with van der Waals surface area (Å²) in [5, 5.41) is 3.89. The smallest absolute Gasteiger partial charge is 0.379 e. The summed E-state index contributed by atoms with van der Waals surface area (Å²) >= 11 is 0. The highest BCUT2D eigenvalue weighted by atomic mass is 16.6. The SMILES string of the molecule is O=C(N/N=C\c1ccc(OC(=O)c2ccco2)cc1OC(=O)c1ccco1)c1cccnc1. The highest BCUT2D eigenvalue weighted by Crippen LogP contribution is 2.26. The third-order valence-corrected chi connectivity index (χ3v) is 4.14. The number of aromatic nitrogens is 1. The molecule has 0 unspecified atom stereocenters. The van der Waals surface area contributed by atoms with E-state index in [0.29, 0.717) is 11.1 Å². The Morgan fingerprint density at radius 1 is 0.909 bits per heavy atom. The third-order valence-electron chi connectivity index (χ3n) is 4.14. The number of hydrogen-bond donors (Lipinski definition) is 1. The summed E-state index contributed by atoms with van der Waals surface area (Å²) in [6.07, 6.45) is 6.88. The molecule has 4 rings (SSSR count). The van der Waals surface area contributed by atoms with Gasteiger partial charge < -0.3 is 18.3 Å². The summed E-state index contributed by atoms with van der Waals surface area (Å²) in [7, 11) is 0. The quantitative estimate of drug-likeness (QED) is 0.198. The van der Waals surface area contributed by atoms with Crippen molar-refractivity contribution < 1.29 is 32.7 Å². The number of ether oxygens (including phenoxy) is 2. The van der Waals surface area contributed by atoms with E-state index in [9.17, 15) is 14.4 Å². The van der Waals surface area contributed by atoms with Gasteiger partial charge in [0, 0.05) is 24.0 Å². The monoisotopic (exact) mass is 445 g/mol. The molecule has 0 aliphatic carbocycles. The highest BCUT2D eigenvalue weighted by molar-refractivity contribution is 5.95. The molecule has 0 radical (unpaired) electrons. The van der Waals surface area contributed by atoms with Gasteiger partial charge in [0.2, 0.25) is 11.5 Å². The Morgan fingerprint density at radius 3 is 2.27 bits per heavy atom. The Labute approximate surface area is 186 Å². The molecule has 0 saturated heterocycles. The van der Waals surface area contributed by atoms with Gasteiger partial charge in [-0.15, -0.1) is 0 Å². The van der Waals surface area contributed by atoms with Gasteiger partial charge in [-0.05, 0) is 48.5 Å². The summed E-state index contributed by atoms with van der Waals surface area (Å²) in [5.74, 6) is -1.89. The molecule has 33 heavy (non-hydrogen) atoms. The maximum Gasteiger partial charge on any atom is 0.379 e. The van der Waals surface area contributed by atoms with Gasteiger partial charge in [0.25, 0.3) is 5.91 Å². The van der Waals surface area contributed by atoms with Crippen molar-refractivity contribution in [2.45, 2.75) is 0 Å². The van der Waals surface area contributed by atoms with E-state index in [1.54, 1.807) is 24.4 Å². The van der Waals surface area contributed by atoms with Crippen LogP contribution in [-0.2, 0) is 0 Å². The number of carbonyl (C=O) groups is 3. The first-order chi connectivity index (χ1) is 16.1. The average molecular weight is 445 g/mol. The minimum Gasteiger partial charge on any atom is -0.457 e. The zero-order valence-corrected chi connectivity index (χ0v) is 16.8. The number of pyridine rings is 1. The van der Waals surface area contributed by atoms with Crippen LogP contribution in [0.4, 0.5) is 0 Å². The minimum absolute atomic E-state index is 0.00730. The lowest BCUT2D eigenvalue weighted by Crippen LogP contribution is -2.17. The van der Waals surface area contributed by atoms with E-state index < -0.39 is 17.8 Å². The van der Waals surface area contributed by atoms with E-state index in [1.807, 2.05) is 0 Å². The van der Waals surface area contributed by atoms with Gasteiger partial charge in [-0.2, -0.15) is 5.10 Å². The standard InChI is InChI=1S/C23H15N3O7/c27-21(16-4-1-9-24-13-16)26-25-14-15-7-8-17(32-22(28)18-5-2-10-30-18)12-20(15)33-23(29)19-6-3-11-31-19/h1-14H,(H,26,27)/b25-14-. The van der Waals surface area contributed by atoms with Crippen LogP contribution in [0.15, 0.2) is 93.5 Å². The molecule has 0 saturated carbocycles. The van der Waals surface area contributed by atoms with Crippen LogP contribution in [0.1, 0.15) is 37.0 Å². The predicted molar refractivity (Wildman–Crippen MR) is 113 cm³/mol. The molecular formula is C23H15N3O7. The van der Waals surface area contributed by atoms with Crippen molar-refractivity contribution in [3.63, 3.8) is 0 Å². The van der Waals surface area contributed by atoms with Gasteiger partial charge in [-0.25, -0.2) is 15.0 Å². The number of benzene rings is 1. The molecule has 164 valence electrons. The molecule has 3 aromatic heterocycles. The molecule has 10 heteroatoms. The van der Waals surface area contributed by atoms with Crippen LogP contribution in [0, 0.1) is 0 Å². The molecule has 1 amide bonds. The minimum atomic E-state index is -0.774. The molecule has 1 aromatic carbocycles. The van der Waals surface area contributed by atoms with Crippen LogP contribution in [-0.4, -0.2) is 29.0 Å². The van der Waals surface area contributed by atoms with Crippen molar-refractivity contribution in [3.8, 4) is 11.5 Å². The number of hydrogen-bond acceptors (Lipinski definition) is 9. The van der Waals surface area contributed by atoms with Crippen molar-refractivity contribution >= 4 is 24.1 Å². The van der Waals surface area contributed by atoms with E-state index in [1.165, 1.54) is 61.3 Å². The predicted octanol–water partition coefficient (Wildman–Crippen LogP) is 3.47. The third kappa shape index (κ3) is 5.39. The van der Waals surface area contributed by atoms with Crippen LogP contribution >= 0.6 is 0 Å². The second-order valence-corrected chi connectivity index (χ2v) is 6.37. The van der Waals surface area contributed by atoms with Gasteiger partial charge in [-0.1, -0.05) is 0 Å². The number of esters is 2. The van der Waals surface area contributed by atoms with Crippen LogP contribution in [0.3, 0.4) is 0 Å². The fourth-order valence-electron chi connectivity index (χ4n) is 2.59. The molecule has 0 fully saturated rings. The first kappa shape index (κ1) is 21.2. The first-order valence-corrected chi connectivity index (χ1v) is 9.49. The summed E-state index contributed by atoms with van der Waals surface area (Å²) in [6, 6.07) is 13.5. The maximum atomic E-state index is 12.4. The maximum absolute atomic E-state index is 12.4. The van der Waals surface area contributed by atoms with Gasteiger partial charge >= 0.3 is 11.9 Å². The first-order valence-electron chi connectivity index (χ1n) is 9.49. The van der Waals surface area contributed by atoms with Gasteiger partial charge in [0.05, 0.1) is 24.3 Å². The molecule has 0 bridgehead atoms. The zero-order valence-electron chi connectivity index (χ0n) is 16.8. The van der Waals surface area contributed by atoms with Gasteiger partial charge in [-0.3, -0.25) is 9.78 Å². The number of rotatable bonds is 7. The summed E-state index contributed by atoms with van der Waals surface area (Å²) in [4.78, 5) is 40.5. The highest BCUT2D eigenvalue weighted by Gasteiger charge is 2.17. The van der Waals surface area contributed by atoms with Crippen LogP contribution in [0.25, 0.3) is 0 Å². The lowest BCUT2D eigenvalue weighted by Gasteiger charge is -2.09. The van der Waals surface area contributed by atoms with Crippen molar-refractivity contribution in [1.29, 1.82) is 0 Å². The van der Waals surface area contributed by atoms with Crippen molar-refractivity contribution in [2.24, 2.45) is 5.10 Å². The molecule has 0 aliphatic heterocycles. The largest absolute Gasteiger partial charge is 0.457 e. The number of amides is 1. The summed E-state index contributed by atoms with van der Waals surface area (Å²) in [6.45, 7) is 0. The summed E-state index contributed by atoms with van der Waals surface area (Å²) in [5.41, 5.74) is 2.99. The fourth-order valence-corrected chi connectivity index (χ4v) is 2.59. The lowest BCUT2D eigenvalue weighted by atomic mass is 10.2. The normalized spacial score (nSPS) is 10.7. The molecular weight excluding hydrogens is 430 g/mol. The van der Waals surface area contributed by atoms with Crippen molar-refractivity contribution in [2.75, 3.05) is 0 Å². The molecule has 10 nitrogen and oxygen atoms in total.